The summed E-state index contributed by atoms with van der Waals surface area (Å²) in [4.78, 5) is 26.5. The largest absolute Gasteiger partial charge is 0.347 e. The number of aromatic nitrogens is 1. The molecule has 1 saturated heterocycles. The van der Waals surface area contributed by atoms with Crippen LogP contribution in [0.1, 0.15) is 18.9 Å². The molecule has 0 aliphatic carbocycles. The van der Waals surface area contributed by atoms with Crippen molar-refractivity contribution in [3.8, 4) is 0 Å². The van der Waals surface area contributed by atoms with Gasteiger partial charge in [-0.15, -0.1) is 0 Å². The summed E-state index contributed by atoms with van der Waals surface area (Å²) in [5.74, 6) is -1.33. The number of pyridine rings is 1. The van der Waals surface area contributed by atoms with E-state index in [1.54, 1.807) is 13.0 Å². The number of hydrazone groups is 1. The zero-order valence-electron chi connectivity index (χ0n) is 13.8. The standard InChI is InChI=1S/C16H15ClN4O5/c1-16(25-4-5-26-16)8-14(22)20-18-9-11-6-10-7-12(21(23)24)2-3-13(10)19-15(11)17/h2-3,6-7,9H,4-5,8H2,1H3,(H,20,22)/b18-9-. The van der Waals surface area contributed by atoms with E-state index < -0.39 is 10.7 Å². The van der Waals surface area contributed by atoms with Gasteiger partial charge in [0.2, 0.25) is 5.91 Å². The van der Waals surface area contributed by atoms with Crippen molar-refractivity contribution in [2.45, 2.75) is 19.1 Å². The van der Waals surface area contributed by atoms with Crippen LogP contribution in [-0.2, 0) is 14.3 Å². The number of halogens is 1. The van der Waals surface area contributed by atoms with Crippen molar-refractivity contribution in [3.05, 3.63) is 45.1 Å². The molecule has 0 saturated carbocycles. The van der Waals surface area contributed by atoms with Crippen LogP contribution in [0.3, 0.4) is 0 Å². The molecule has 0 unspecified atom stereocenters. The Morgan fingerprint density at radius 1 is 1.46 bits per heavy atom. The van der Waals surface area contributed by atoms with Crippen LogP contribution in [-0.4, -0.2) is 41.0 Å². The van der Waals surface area contributed by atoms with Crippen LogP contribution in [0.4, 0.5) is 5.69 Å². The smallest absolute Gasteiger partial charge is 0.270 e. The van der Waals surface area contributed by atoms with Crippen molar-refractivity contribution in [1.82, 2.24) is 10.4 Å². The molecule has 1 aromatic carbocycles. The zero-order valence-corrected chi connectivity index (χ0v) is 14.5. The van der Waals surface area contributed by atoms with Gasteiger partial charge in [0.05, 0.1) is 36.3 Å². The monoisotopic (exact) mass is 378 g/mol. The summed E-state index contributed by atoms with van der Waals surface area (Å²) in [5.41, 5.74) is 3.25. The van der Waals surface area contributed by atoms with Crippen molar-refractivity contribution in [1.29, 1.82) is 0 Å². The van der Waals surface area contributed by atoms with Gasteiger partial charge in [0, 0.05) is 23.1 Å². The average Bonchev–Trinajstić information content (AvgIpc) is 3.00. The topological polar surface area (TPSA) is 116 Å². The van der Waals surface area contributed by atoms with Crippen LogP contribution >= 0.6 is 11.6 Å². The number of hydrogen-bond acceptors (Lipinski definition) is 7. The number of nitrogens with one attached hydrogen (secondary N) is 1. The number of hydrogen-bond donors (Lipinski definition) is 1. The fraction of sp³-hybridized carbons (Fsp3) is 0.312. The number of benzene rings is 1. The molecule has 0 spiro atoms. The van der Waals surface area contributed by atoms with E-state index >= 15 is 0 Å². The van der Waals surface area contributed by atoms with Gasteiger partial charge < -0.3 is 9.47 Å². The van der Waals surface area contributed by atoms with E-state index in [0.29, 0.717) is 29.7 Å². The number of non-ortho nitro benzene ring substituents is 1. The molecular weight excluding hydrogens is 364 g/mol. The fourth-order valence-corrected chi connectivity index (χ4v) is 2.72. The highest BCUT2D eigenvalue weighted by atomic mass is 35.5. The normalized spacial score (nSPS) is 16.2. The summed E-state index contributed by atoms with van der Waals surface area (Å²) in [7, 11) is 0. The van der Waals surface area contributed by atoms with Crippen molar-refractivity contribution >= 4 is 40.3 Å². The summed E-state index contributed by atoms with van der Waals surface area (Å²) in [6.45, 7) is 2.56. The van der Waals surface area contributed by atoms with Crippen LogP contribution in [0.2, 0.25) is 5.15 Å². The van der Waals surface area contributed by atoms with Gasteiger partial charge in [0.15, 0.2) is 5.79 Å². The number of carbonyl (C=O) groups excluding carboxylic acids is 1. The van der Waals surface area contributed by atoms with E-state index in [2.05, 4.69) is 15.5 Å². The number of nitro benzene ring substituents is 1. The van der Waals surface area contributed by atoms with Gasteiger partial charge in [-0.25, -0.2) is 10.4 Å². The van der Waals surface area contributed by atoms with Crippen molar-refractivity contribution in [3.63, 3.8) is 0 Å². The number of amides is 1. The highest BCUT2D eigenvalue weighted by molar-refractivity contribution is 6.32. The molecule has 1 N–H and O–H groups in total. The zero-order chi connectivity index (χ0) is 18.7. The molecule has 1 aliphatic heterocycles. The predicted octanol–water partition coefficient (Wildman–Crippen LogP) is 2.40. The number of carbonyl (C=O) groups is 1. The van der Waals surface area contributed by atoms with Crippen molar-refractivity contribution in [2.24, 2.45) is 5.10 Å². The average molecular weight is 379 g/mol. The van der Waals surface area contributed by atoms with E-state index in [-0.39, 0.29) is 23.2 Å². The Kier molecular flexibility index (Phi) is 5.12. The predicted molar refractivity (Wildman–Crippen MR) is 94.1 cm³/mol. The Morgan fingerprint density at radius 3 is 2.88 bits per heavy atom. The number of fused-ring (bicyclic) bond motifs is 1. The van der Waals surface area contributed by atoms with Crippen LogP contribution < -0.4 is 5.43 Å². The summed E-state index contributed by atoms with van der Waals surface area (Å²) >= 11 is 6.09. The molecule has 9 nitrogen and oxygen atoms in total. The number of nitro groups is 1. The van der Waals surface area contributed by atoms with Gasteiger partial charge in [-0.05, 0) is 19.1 Å². The minimum absolute atomic E-state index is 0.000235. The minimum atomic E-state index is -0.944. The van der Waals surface area contributed by atoms with E-state index in [9.17, 15) is 14.9 Å². The molecule has 0 radical (unpaired) electrons. The molecule has 136 valence electrons. The molecule has 0 atom stereocenters. The Bertz CT molecular complexity index is 896. The molecule has 0 bridgehead atoms. The summed E-state index contributed by atoms with van der Waals surface area (Å²) in [6.07, 6.45) is 1.32. The minimum Gasteiger partial charge on any atom is -0.347 e. The molecule has 3 rings (SSSR count). The first-order chi connectivity index (χ1) is 12.4. The highest BCUT2D eigenvalue weighted by Crippen LogP contribution is 2.24. The van der Waals surface area contributed by atoms with Crippen LogP contribution in [0.15, 0.2) is 29.4 Å². The van der Waals surface area contributed by atoms with E-state index in [1.807, 2.05) is 0 Å². The summed E-state index contributed by atoms with van der Waals surface area (Å²) in [6, 6.07) is 5.87. The summed E-state index contributed by atoms with van der Waals surface area (Å²) < 4.78 is 10.7. The summed E-state index contributed by atoms with van der Waals surface area (Å²) in [5, 5.41) is 15.4. The lowest BCUT2D eigenvalue weighted by atomic mass is 10.1. The first-order valence-electron chi connectivity index (χ1n) is 7.71. The maximum absolute atomic E-state index is 11.9. The Balaban J connectivity index is 1.72. The number of nitrogens with zero attached hydrogens (tertiary/aromatic N) is 3. The van der Waals surface area contributed by atoms with Gasteiger partial charge >= 0.3 is 0 Å². The van der Waals surface area contributed by atoms with Crippen LogP contribution in [0.5, 0.6) is 0 Å². The molecule has 1 aliphatic rings. The molecule has 2 aromatic rings. The first-order valence-corrected chi connectivity index (χ1v) is 8.09. The molecule has 1 aromatic heterocycles. The second kappa shape index (κ2) is 7.32. The van der Waals surface area contributed by atoms with E-state index in [0.717, 1.165) is 0 Å². The van der Waals surface area contributed by atoms with Gasteiger partial charge in [-0.3, -0.25) is 14.9 Å². The Hall–Kier alpha value is -2.62. The van der Waals surface area contributed by atoms with Crippen LogP contribution in [0, 0.1) is 10.1 Å². The molecule has 1 fully saturated rings. The maximum Gasteiger partial charge on any atom is 0.270 e. The Labute approximate surface area is 153 Å². The van der Waals surface area contributed by atoms with Gasteiger partial charge in [0.1, 0.15) is 5.15 Å². The SMILES string of the molecule is CC1(CC(=O)N/N=C\c2cc3cc([N+](=O)[O-])ccc3nc2Cl)OCCO1. The quantitative estimate of drug-likeness (QED) is 0.369. The first kappa shape index (κ1) is 18.2. The van der Waals surface area contributed by atoms with Gasteiger partial charge in [-0.2, -0.15) is 5.10 Å². The number of ether oxygens (including phenoxy) is 2. The van der Waals surface area contributed by atoms with Gasteiger partial charge in [0.25, 0.3) is 5.69 Å². The lowest BCUT2D eigenvalue weighted by Crippen LogP contribution is -2.33. The van der Waals surface area contributed by atoms with Crippen molar-refractivity contribution < 1.29 is 19.2 Å². The van der Waals surface area contributed by atoms with Crippen LogP contribution in [0.25, 0.3) is 10.9 Å². The molecular formula is C16H15ClN4O5. The van der Waals surface area contributed by atoms with Gasteiger partial charge in [-0.1, -0.05) is 11.6 Å². The third kappa shape index (κ3) is 4.13. The van der Waals surface area contributed by atoms with E-state index in [1.165, 1.54) is 24.4 Å². The molecule has 2 heterocycles. The van der Waals surface area contributed by atoms with Crippen molar-refractivity contribution in [2.75, 3.05) is 13.2 Å². The Morgan fingerprint density at radius 2 is 2.19 bits per heavy atom. The molecule has 1 amide bonds. The van der Waals surface area contributed by atoms with E-state index in [4.69, 9.17) is 21.1 Å². The number of rotatable bonds is 5. The lowest BCUT2D eigenvalue weighted by Gasteiger charge is -2.20. The second-order valence-electron chi connectivity index (χ2n) is 5.80. The third-order valence-electron chi connectivity index (χ3n) is 3.76. The third-order valence-corrected chi connectivity index (χ3v) is 4.07. The molecule has 10 heteroatoms. The maximum atomic E-state index is 11.9. The highest BCUT2D eigenvalue weighted by Gasteiger charge is 2.33. The fourth-order valence-electron chi connectivity index (χ4n) is 2.52. The second-order valence-corrected chi connectivity index (χ2v) is 6.16. The lowest BCUT2D eigenvalue weighted by molar-refractivity contribution is -0.384. The molecule has 26 heavy (non-hydrogen) atoms.